The Bertz CT molecular complexity index is 1210. The molecule has 1 amide bonds. The third kappa shape index (κ3) is 3.74. The van der Waals surface area contributed by atoms with Crippen LogP contribution in [0.15, 0.2) is 82.0 Å². The van der Waals surface area contributed by atoms with E-state index in [4.69, 9.17) is 9.15 Å². The lowest BCUT2D eigenvalue weighted by Gasteiger charge is -2.17. The van der Waals surface area contributed by atoms with Crippen molar-refractivity contribution in [2.24, 2.45) is 0 Å². The molecule has 28 heavy (non-hydrogen) atoms. The number of carbonyl (C=O) groups is 1. The normalized spacial score (nSPS) is 12.0. The molecular formula is C23H19NO4. The minimum Gasteiger partial charge on any atom is -0.484 e. The molecule has 0 spiro atoms. The average Bonchev–Trinajstić information content (AvgIpc) is 2.71. The van der Waals surface area contributed by atoms with Crippen LogP contribution in [-0.4, -0.2) is 12.5 Å². The molecule has 1 aromatic heterocycles. The molecule has 0 fully saturated rings. The number of nitrogens with one attached hydrogen (secondary N) is 1. The van der Waals surface area contributed by atoms with Crippen molar-refractivity contribution in [3.8, 4) is 5.75 Å². The van der Waals surface area contributed by atoms with Crippen molar-refractivity contribution in [2.75, 3.05) is 6.61 Å². The number of ether oxygens (including phenoxy) is 1. The number of amides is 1. The Kier molecular flexibility index (Phi) is 4.81. The summed E-state index contributed by atoms with van der Waals surface area (Å²) < 4.78 is 10.7. The van der Waals surface area contributed by atoms with Crippen molar-refractivity contribution in [1.29, 1.82) is 0 Å². The number of hydrogen-bond donors (Lipinski definition) is 1. The van der Waals surface area contributed by atoms with Crippen LogP contribution in [0.1, 0.15) is 18.5 Å². The van der Waals surface area contributed by atoms with Gasteiger partial charge in [-0.3, -0.25) is 4.79 Å². The maximum atomic E-state index is 12.3. The zero-order valence-corrected chi connectivity index (χ0v) is 15.3. The van der Waals surface area contributed by atoms with Crippen LogP contribution >= 0.6 is 0 Å². The smallest absolute Gasteiger partial charge is 0.336 e. The first kappa shape index (κ1) is 17.8. The Hall–Kier alpha value is -3.60. The molecule has 1 heterocycles. The van der Waals surface area contributed by atoms with E-state index in [1.807, 2.05) is 37.3 Å². The SMILES string of the molecule is C[C@@H](NC(=O)COc1ccc2ccc(=O)oc2c1)c1cccc2ccccc12. The summed E-state index contributed by atoms with van der Waals surface area (Å²) in [6.45, 7) is 1.82. The van der Waals surface area contributed by atoms with Crippen LogP contribution in [0.2, 0.25) is 0 Å². The molecule has 0 saturated heterocycles. The molecule has 0 aliphatic heterocycles. The summed E-state index contributed by atoms with van der Waals surface area (Å²) in [5, 5.41) is 6.01. The van der Waals surface area contributed by atoms with E-state index in [1.54, 1.807) is 24.3 Å². The molecule has 5 nitrogen and oxygen atoms in total. The predicted molar refractivity (Wildman–Crippen MR) is 108 cm³/mol. The maximum absolute atomic E-state index is 12.3. The van der Waals surface area contributed by atoms with Crippen molar-refractivity contribution in [3.05, 3.63) is 88.8 Å². The van der Waals surface area contributed by atoms with Crippen molar-refractivity contribution in [3.63, 3.8) is 0 Å². The standard InChI is InChI=1S/C23H19NO4/c1-15(19-8-4-6-16-5-2-3-7-20(16)19)24-22(25)14-27-18-11-9-17-10-12-23(26)28-21(17)13-18/h2-13,15H,14H2,1H3,(H,24,25)/t15-/m1/s1. The second kappa shape index (κ2) is 7.56. The fraction of sp³-hybridized carbons (Fsp3) is 0.130. The van der Waals surface area contributed by atoms with Gasteiger partial charge in [0.25, 0.3) is 5.91 Å². The van der Waals surface area contributed by atoms with Crippen LogP contribution in [0.5, 0.6) is 5.75 Å². The summed E-state index contributed by atoms with van der Waals surface area (Å²) >= 11 is 0. The van der Waals surface area contributed by atoms with Gasteiger partial charge in [-0.2, -0.15) is 0 Å². The van der Waals surface area contributed by atoms with E-state index in [9.17, 15) is 9.59 Å². The first-order valence-electron chi connectivity index (χ1n) is 9.04. The minimum atomic E-state index is -0.425. The van der Waals surface area contributed by atoms with Crippen molar-refractivity contribution in [1.82, 2.24) is 5.32 Å². The van der Waals surface area contributed by atoms with Gasteiger partial charge in [0.2, 0.25) is 0 Å². The molecule has 0 saturated carbocycles. The molecule has 0 bridgehead atoms. The molecule has 0 aliphatic rings. The summed E-state index contributed by atoms with van der Waals surface area (Å²) in [6.07, 6.45) is 0. The van der Waals surface area contributed by atoms with Crippen LogP contribution in [0.4, 0.5) is 0 Å². The zero-order valence-electron chi connectivity index (χ0n) is 15.3. The van der Waals surface area contributed by atoms with Crippen molar-refractivity contribution < 1.29 is 13.9 Å². The highest BCUT2D eigenvalue weighted by Gasteiger charge is 2.13. The van der Waals surface area contributed by atoms with Crippen molar-refractivity contribution in [2.45, 2.75) is 13.0 Å². The molecule has 0 unspecified atom stereocenters. The monoisotopic (exact) mass is 373 g/mol. The fourth-order valence-corrected chi connectivity index (χ4v) is 3.27. The summed E-state index contributed by atoms with van der Waals surface area (Å²) in [5.74, 6) is 0.241. The Morgan fingerprint density at radius 2 is 1.79 bits per heavy atom. The second-order valence-corrected chi connectivity index (χ2v) is 6.60. The molecule has 140 valence electrons. The third-order valence-corrected chi connectivity index (χ3v) is 4.63. The highest BCUT2D eigenvalue weighted by Crippen LogP contribution is 2.24. The van der Waals surface area contributed by atoms with Gasteiger partial charge in [-0.25, -0.2) is 4.79 Å². The Morgan fingerprint density at radius 1 is 1.00 bits per heavy atom. The van der Waals surface area contributed by atoms with Gasteiger partial charge >= 0.3 is 5.63 Å². The lowest BCUT2D eigenvalue weighted by molar-refractivity contribution is -0.123. The first-order chi connectivity index (χ1) is 13.6. The van der Waals surface area contributed by atoms with Crippen LogP contribution in [0.25, 0.3) is 21.7 Å². The number of fused-ring (bicyclic) bond motifs is 2. The highest BCUT2D eigenvalue weighted by atomic mass is 16.5. The Morgan fingerprint density at radius 3 is 2.68 bits per heavy atom. The summed E-state index contributed by atoms with van der Waals surface area (Å²) in [6, 6.07) is 22.2. The zero-order chi connectivity index (χ0) is 19.5. The minimum absolute atomic E-state index is 0.127. The van der Waals surface area contributed by atoms with E-state index in [0.29, 0.717) is 11.3 Å². The fourth-order valence-electron chi connectivity index (χ4n) is 3.27. The Labute approximate surface area is 161 Å². The van der Waals surface area contributed by atoms with Crippen molar-refractivity contribution >= 4 is 27.6 Å². The molecule has 0 radical (unpaired) electrons. The van der Waals surface area contributed by atoms with E-state index in [1.165, 1.54) is 6.07 Å². The van der Waals surface area contributed by atoms with Crippen LogP contribution < -0.4 is 15.7 Å². The van der Waals surface area contributed by atoms with E-state index in [0.717, 1.165) is 21.7 Å². The van der Waals surface area contributed by atoms with Crippen LogP contribution in [-0.2, 0) is 4.79 Å². The molecular weight excluding hydrogens is 354 g/mol. The largest absolute Gasteiger partial charge is 0.484 e. The van der Waals surface area contributed by atoms with Gasteiger partial charge in [-0.05, 0) is 41.5 Å². The average molecular weight is 373 g/mol. The topological polar surface area (TPSA) is 68.5 Å². The maximum Gasteiger partial charge on any atom is 0.336 e. The lowest BCUT2D eigenvalue weighted by atomic mass is 10.00. The molecule has 3 aromatic carbocycles. The second-order valence-electron chi connectivity index (χ2n) is 6.60. The molecule has 5 heteroatoms. The van der Waals surface area contributed by atoms with Gasteiger partial charge in [-0.15, -0.1) is 0 Å². The number of benzene rings is 3. The molecule has 4 rings (SSSR count). The molecule has 1 atom stereocenters. The van der Waals surface area contributed by atoms with E-state index >= 15 is 0 Å². The van der Waals surface area contributed by atoms with Gasteiger partial charge in [0, 0.05) is 17.5 Å². The van der Waals surface area contributed by atoms with Gasteiger partial charge < -0.3 is 14.5 Å². The number of carbonyl (C=O) groups excluding carboxylic acids is 1. The number of rotatable bonds is 5. The predicted octanol–water partition coefficient (Wildman–Crippen LogP) is 4.20. The highest BCUT2D eigenvalue weighted by molar-refractivity contribution is 5.87. The lowest BCUT2D eigenvalue weighted by Crippen LogP contribution is -2.31. The first-order valence-corrected chi connectivity index (χ1v) is 9.04. The van der Waals surface area contributed by atoms with Gasteiger partial charge in [0.15, 0.2) is 6.61 Å². The van der Waals surface area contributed by atoms with Gasteiger partial charge in [0.1, 0.15) is 11.3 Å². The number of hydrogen-bond acceptors (Lipinski definition) is 4. The van der Waals surface area contributed by atoms with Crippen LogP contribution in [0.3, 0.4) is 0 Å². The summed E-state index contributed by atoms with van der Waals surface area (Å²) in [5.41, 5.74) is 1.06. The Balaban J connectivity index is 1.43. The van der Waals surface area contributed by atoms with E-state index in [2.05, 4.69) is 17.4 Å². The summed E-state index contributed by atoms with van der Waals surface area (Å²) in [4.78, 5) is 23.7. The van der Waals surface area contributed by atoms with E-state index < -0.39 is 5.63 Å². The molecule has 1 N–H and O–H groups in total. The van der Waals surface area contributed by atoms with Gasteiger partial charge in [0.05, 0.1) is 6.04 Å². The summed E-state index contributed by atoms with van der Waals surface area (Å²) in [7, 11) is 0. The molecule has 4 aromatic rings. The van der Waals surface area contributed by atoms with E-state index in [-0.39, 0.29) is 18.6 Å². The van der Waals surface area contributed by atoms with Gasteiger partial charge in [-0.1, -0.05) is 42.5 Å². The quantitative estimate of drug-likeness (QED) is 0.532. The third-order valence-electron chi connectivity index (χ3n) is 4.63. The molecule has 0 aliphatic carbocycles. The van der Waals surface area contributed by atoms with Crippen LogP contribution in [0, 0.1) is 0 Å².